The zero-order chi connectivity index (χ0) is 52.9. The summed E-state index contributed by atoms with van der Waals surface area (Å²) in [5.41, 5.74) is 0. The molecule has 0 aromatic heterocycles. The van der Waals surface area contributed by atoms with Crippen molar-refractivity contribution in [3.05, 3.63) is 48.6 Å². The van der Waals surface area contributed by atoms with Crippen LogP contribution in [-0.2, 0) is 14.3 Å². The highest BCUT2D eigenvalue weighted by Crippen LogP contribution is 2.23. The van der Waals surface area contributed by atoms with Crippen LogP contribution in [0.15, 0.2) is 48.6 Å². The van der Waals surface area contributed by atoms with Gasteiger partial charge in [0.1, 0.15) is 24.4 Å². The van der Waals surface area contributed by atoms with Crippen LogP contribution >= 0.6 is 0 Å². The Balaban J connectivity index is 2.21. The zero-order valence-electron chi connectivity index (χ0n) is 47.6. The van der Waals surface area contributed by atoms with Gasteiger partial charge in [-0.15, -0.1) is 0 Å². The molecule has 1 fully saturated rings. The first-order valence-corrected chi connectivity index (χ1v) is 31.4. The van der Waals surface area contributed by atoms with Gasteiger partial charge in [0.2, 0.25) is 5.91 Å². The largest absolute Gasteiger partial charge is 0.394 e. The first kappa shape index (κ1) is 69.2. The second kappa shape index (κ2) is 53.5. The minimum Gasteiger partial charge on any atom is -0.394 e. The summed E-state index contributed by atoms with van der Waals surface area (Å²) in [7, 11) is 0. The molecule has 0 saturated carbocycles. The highest BCUT2D eigenvalue weighted by atomic mass is 16.7. The molecule has 73 heavy (non-hydrogen) atoms. The molecular weight excluding hydrogens is 911 g/mol. The zero-order valence-corrected chi connectivity index (χ0v) is 47.6. The minimum atomic E-state index is -1.57. The molecule has 1 saturated heterocycles. The van der Waals surface area contributed by atoms with Crippen LogP contribution in [0, 0.1) is 0 Å². The van der Waals surface area contributed by atoms with Gasteiger partial charge in [0.15, 0.2) is 6.29 Å². The Kier molecular flexibility index (Phi) is 50.7. The van der Waals surface area contributed by atoms with E-state index in [0.29, 0.717) is 6.42 Å². The maximum absolute atomic E-state index is 13.1. The van der Waals surface area contributed by atoms with E-state index in [4.69, 9.17) is 9.47 Å². The summed E-state index contributed by atoms with van der Waals surface area (Å²) in [6, 6.07) is -0.825. The Labute approximate surface area is 450 Å². The van der Waals surface area contributed by atoms with E-state index in [-0.39, 0.29) is 12.5 Å². The fourth-order valence-electron chi connectivity index (χ4n) is 9.91. The fraction of sp³-hybridized carbons (Fsp3) is 0.859. The molecule has 1 amide bonds. The van der Waals surface area contributed by atoms with Crippen LogP contribution in [0.3, 0.4) is 0 Å². The normalized spacial score (nSPS) is 19.4. The van der Waals surface area contributed by atoms with E-state index in [9.17, 15) is 30.3 Å². The molecule has 0 spiro atoms. The summed E-state index contributed by atoms with van der Waals surface area (Å²) in [6.45, 7) is 3.80. The lowest BCUT2D eigenvalue weighted by molar-refractivity contribution is -0.302. The number of carbonyl (C=O) groups is 1. The van der Waals surface area contributed by atoms with E-state index in [0.717, 1.165) is 44.9 Å². The van der Waals surface area contributed by atoms with E-state index >= 15 is 0 Å². The molecule has 1 aliphatic rings. The van der Waals surface area contributed by atoms with E-state index in [1.807, 2.05) is 6.08 Å². The van der Waals surface area contributed by atoms with E-state index in [1.165, 1.54) is 231 Å². The van der Waals surface area contributed by atoms with Crippen molar-refractivity contribution in [1.29, 1.82) is 0 Å². The number of amides is 1. The lowest BCUT2D eigenvalue weighted by atomic mass is 9.99. The number of rotatable bonds is 54. The molecule has 6 N–H and O–H groups in total. The fourth-order valence-corrected chi connectivity index (χ4v) is 9.91. The van der Waals surface area contributed by atoms with Gasteiger partial charge in [-0.2, -0.15) is 0 Å². The van der Waals surface area contributed by atoms with E-state index in [1.54, 1.807) is 6.08 Å². The van der Waals surface area contributed by atoms with Gasteiger partial charge >= 0.3 is 0 Å². The molecule has 0 bridgehead atoms. The van der Waals surface area contributed by atoms with Crippen LogP contribution in [0.4, 0.5) is 0 Å². The summed E-state index contributed by atoms with van der Waals surface area (Å²) < 4.78 is 11.3. The summed E-state index contributed by atoms with van der Waals surface area (Å²) in [6.07, 6.45) is 64.8. The van der Waals surface area contributed by atoms with Gasteiger partial charge in [0.25, 0.3) is 0 Å². The molecule has 0 aliphatic carbocycles. The first-order valence-electron chi connectivity index (χ1n) is 31.4. The molecule has 9 nitrogen and oxygen atoms in total. The average molecular weight is 1030 g/mol. The second-order valence-electron chi connectivity index (χ2n) is 21.8. The Morgan fingerprint density at radius 3 is 1.23 bits per heavy atom. The molecule has 1 aliphatic heterocycles. The number of allylic oxidation sites excluding steroid dienone is 7. The molecule has 0 aromatic carbocycles. The molecule has 0 aromatic rings. The quantitative estimate of drug-likeness (QED) is 0.0261. The minimum absolute atomic E-state index is 0.186. The predicted molar refractivity (Wildman–Crippen MR) is 309 cm³/mol. The van der Waals surface area contributed by atoms with Crippen molar-refractivity contribution < 1.29 is 39.8 Å². The number of hydrogen-bond acceptors (Lipinski definition) is 8. The van der Waals surface area contributed by atoms with Gasteiger partial charge in [-0.05, 0) is 64.2 Å². The molecule has 7 unspecified atom stereocenters. The molecular formula is C64H119NO8. The third-order valence-electron chi connectivity index (χ3n) is 14.9. The third-order valence-corrected chi connectivity index (χ3v) is 14.9. The van der Waals surface area contributed by atoms with Gasteiger partial charge in [0, 0.05) is 6.42 Å². The SMILES string of the molecule is CCCCCCCCCCC/C=C\C/C=C\CCCCCCCCCCCCCC(=O)NC(COC1OC(CO)C(O)C(O)C1O)C(O)/C=C/CC/C=C/CCCCCCCCCCCCCCCCCCC. The van der Waals surface area contributed by atoms with Crippen LogP contribution < -0.4 is 5.32 Å². The second-order valence-corrected chi connectivity index (χ2v) is 21.8. The summed E-state index contributed by atoms with van der Waals surface area (Å²) in [5.74, 6) is -0.186. The smallest absolute Gasteiger partial charge is 0.220 e. The first-order chi connectivity index (χ1) is 35.8. The van der Waals surface area contributed by atoms with Crippen LogP contribution in [-0.4, -0.2) is 87.5 Å². The average Bonchev–Trinajstić information content (AvgIpc) is 3.39. The van der Waals surface area contributed by atoms with Gasteiger partial charge in [-0.25, -0.2) is 0 Å². The topological polar surface area (TPSA) is 149 Å². The van der Waals surface area contributed by atoms with Crippen molar-refractivity contribution >= 4 is 5.91 Å². The number of nitrogens with one attached hydrogen (secondary N) is 1. The summed E-state index contributed by atoms with van der Waals surface area (Å²) in [5, 5.41) is 54.6. The van der Waals surface area contributed by atoms with Gasteiger partial charge in [-0.3, -0.25) is 4.79 Å². The maximum Gasteiger partial charge on any atom is 0.220 e. The molecule has 9 heteroatoms. The monoisotopic (exact) mass is 1030 g/mol. The van der Waals surface area contributed by atoms with E-state index < -0.39 is 49.5 Å². The third kappa shape index (κ3) is 42.9. The van der Waals surface area contributed by atoms with Crippen molar-refractivity contribution in [3.8, 4) is 0 Å². The highest BCUT2D eigenvalue weighted by molar-refractivity contribution is 5.76. The van der Waals surface area contributed by atoms with Crippen LogP contribution in [0.1, 0.15) is 296 Å². The van der Waals surface area contributed by atoms with Crippen molar-refractivity contribution in [2.24, 2.45) is 0 Å². The number of aliphatic hydroxyl groups excluding tert-OH is 5. The molecule has 1 heterocycles. The van der Waals surface area contributed by atoms with Crippen LogP contribution in [0.5, 0.6) is 0 Å². The van der Waals surface area contributed by atoms with Crippen molar-refractivity contribution in [2.75, 3.05) is 13.2 Å². The number of hydrogen-bond donors (Lipinski definition) is 6. The van der Waals surface area contributed by atoms with Gasteiger partial charge < -0.3 is 40.3 Å². The van der Waals surface area contributed by atoms with Crippen LogP contribution in [0.2, 0.25) is 0 Å². The van der Waals surface area contributed by atoms with E-state index in [2.05, 4.69) is 55.6 Å². The molecule has 0 radical (unpaired) electrons. The Hall–Kier alpha value is -1.85. The predicted octanol–water partition coefficient (Wildman–Crippen LogP) is 16.1. The summed E-state index contributed by atoms with van der Waals surface area (Å²) >= 11 is 0. The van der Waals surface area contributed by atoms with Crippen molar-refractivity contribution in [1.82, 2.24) is 5.32 Å². The lowest BCUT2D eigenvalue weighted by Gasteiger charge is -2.40. The maximum atomic E-state index is 13.1. The number of ether oxygens (including phenoxy) is 2. The Morgan fingerprint density at radius 2 is 0.822 bits per heavy atom. The standard InChI is InChI=1S/C64H119NO8/c1-3-5-7-9-11-13-15-17-19-21-23-25-27-28-29-30-32-34-36-38-40-42-44-46-48-50-52-54-60(68)65-57(56-72-64-63(71)62(70)61(69)59(55-66)73-64)58(67)53-51-49-47-45-43-41-39-37-35-33-31-26-24-22-20-18-16-14-12-10-8-6-4-2/h23,25,28-29,43,45,51,53,57-59,61-64,66-67,69-71H,3-22,24,26-27,30-42,44,46-50,52,54-56H2,1-2H3,(H,65,68)/b25-23-,29-28-,45-43+,53-51+. The van der Waals surface area contributed by atoms with Crippen molar-refractivity contribution in [3.63, 3.8) is 0 Å². The molecule has 1 rings (SSSR count). The van der Waals surface area contributed by atoms with Gasteiger partial charge in [0.05, 0.1) is 25.4 Å². The molecule has 428 valence electrons. The number of carbonyl (C=O) groups excluding carboxylic acids is 1. The summed E-state index contributed by atoms with van der Waals surface area (Å²) in [4.78, 5) is 13.1. The molecule has 7 atom stereocenters. The van der Waals surface area contributed by atoms with Crippen molar-refractivity contribution in [2.45, 2.75) is 339 Å². The Morgan fingerprint density at radius 1 is 0.466 bits per heavy atom. The van der Waals surface area contributed by atoms with Gasteiger partial charge in [-0.1, -0.05) is 274 Å². The number of unbranched alkanes of at least 4 members (excludes halogenated alkanes) is 38. The highest BCUT2D eigenvalue weighted by Gasteiger charge is 2.44. The Bertz CT molecular complexity index is 1290. The number of aliphatic hydroxyl groups is 5. The lowest BCUT2D eigenvalue weighted by Crippen LogP contribution is -2.60. The van der Waals surface area contributed by atoms with Crippen LogP contribution in [0.25, 0.3) is 0 Å².